The Balaban J connectivity index is 0.000000166. The number of likely N-dealkylation sites (N-methyl/N-ethyl adjacent to an activating group) is 2. The van der Waals surface area contributed by atoms with Gasteiger partial charge in [-0.05, 0) is 110 Å². The Morgan fingerprint density at radius 2 is 1.03 bits per heavy atom. The van der Waals surface area contributed by atoms with Gasteiger partial charge in [0.05, 0.1) is 30.1 Å². The zero-order valence-electron chi connectivity index (χ0n) is 40.7. The second-order valence-corrected chi connectivity index (χ2v) is 17.9. The van der Waals surface area contributed by atoms with Crippen LogP contribution in [0.3, 0.4) is 0 Å². The molecule has 8 aromatic rings. The molecule has 0 atom stereocenters. The van der Waals surface area contributed by atoms with E-state index < -0.39 is 12.7 Å². The molecule has 0 amide bonds. The lowest BCUT2D eigenvalue weighted by molar-refractivity contribution is -0.275. The molecule has 0 unspecified atom stereocenters. The molecule has 4 aromatic carbocycles. The van der Waals surface area contributed by atoms with E-state index in [-0.39, 0.29) is 28.5 Å². The fraction of sp³-hybridized carbons (Fsp3) is 0.259. The minimum atomic E-state index is -4.75. The summed E-state index contributed by atoms with van der Waals surface area (Å²) in [5.74, 6) is 1.30. The molecule has 1 N–H and O–H groups in total. The second-order valence-electron chi connectivity index (χ2n) is 17.6. The van der Waals surface area contributed by atoms with Gasteiger partial charge in [-0.2, -0.15) is 0 Å². The first-order chi connectivity index (χ1) is 35.9. The van der Waals surface area contributed by atoms with E-state index in [0.29, 0.717) is 52.1 Å². The fourth-order valence-electron chi connectivity index (χ4n) is 8.06. The SMILES string of the molecule is CN1CCN(c2cccc(CCl)c2)CC1.CN1CCN(c2cccc(Cn3cc(-c4ncc(-c5ccc(OC(F)(F)F)cc5)o4)ccc3=O)c2)CC1.O=c1ccc(-c2ncc(-c3ccc(OC(F)(F)F)cc3)o2)c[nH]1. The molecule has 0 spiro atoms. The van der Waals surface area contributed by atoms with Crippen LogP contribution >= 0.6 is 11.6 Å². The van der Waals surface area contributed by atoms with Gasteiger partial charge in [0.2, 0.25) is 17.3 Å². The Bertz CT molecular complexity index is 3220. The lowest BCUT2D eigenvalue weighted by Crippen LogP contribution is -2.44. The largest absolute Gasteiger partial charge is 0.573 e. The number of nitrogens with zero attached hydrogens (tertiary/aromatic N) is 7. The van der Waals surface area contributed by atoms with Crippen LogP contribution < -0.4 is 30.4 Å². The molecule has 21 heteroatoms. The molecule has 4 aromatic heterocycles. The van der Waals surface area contributed by atoms with Crippen molar-refractivity contribution in [3.63, 3.8) is 0 Å². The number of hydrogen-bond acceptors (Lipinski definition) is 12. The maximum absolute atomic E-state index is 12.6. The number of aromatic nitrogens is 4. The first-order valence-corrected chi connectivity index (χ1v) is 24.1. The number of rotatable bonds is 11. The summed E-state index contributed by atoms with van der Waals surface area (Å²) >= 11 is 5.83. The number of alkyl halides is 7. The summed E-state index contributed by atoms with van der Waals surface area (Å²) in [5.41, 5.74) is 6.52. The van der Waals surface area contributed by atoms with Crippen LogP contribution in [0.1, 0.15) is 11.1 Å². The maximum atomic E-state index is 12.6. The Labute approximate surface area is 432 Å². The van der Waals surface area contributed by atoms with Gasteiger partial charge in [0.15, 0.2) is 11.5 Å². The van der Waals surface area contributed by atoms with E-state index in [9.17, 15) is 35.9 Å². The van der Waals surface area contributed by atoms with Gasteiger partial charge in [0.1, 0.15) is 11.5 Å². The van der Waals surface area contributed by atoms with Gasteiger partial charge in [-0.1, -0.05) is 24.3 Å². The number of aromatic amines is 1. The molecule has 0 aliphatic carbocycles. The van der Waals surface area contributed by atoms with E-state index in [2.05, 4.69) is 94.5 Å². The van der Waals surface area contributed by atoms with Crippen LogP contribution in [-0.2, 0) is 12.4 Å². The van der Waals surface area contributed by atoms with Gasteiger partial charge in [-0.15, -0.1) is 37.9 Å². The van der Waals surface area contributed by atoms with Crippen molar-refractivity contribution in [1.29, 1.82) is 0 Å². The van der Waals surface area contributed by atoms with Crippen molar-refractivity contribution in [1.82, 2.24) is 29.3 Å². The maximum Gasteiger partial charge on any atom is 0.573 e. The minimum Gasteiger partial charge on any atom is -0.436 e. The molecule has 0 radical (unpaired) electrons. The number of hydrogen-bond donors (Lipinski definition) is 1. The Morgan fingerprint density at radius 3 is 1.49 bits per heavy atom. The Kier molecular flexibility index (Phi) is 17.1. The molecule has 75 heavy (non-hydrogen) atoms. The number of H-pyrrole nitrogens is 1. The summed E-state index contributed by atoms with van der Waals surface area (Å²) in [6.45, 7) is 8.84. The van der Waals surface area contributed by atoms with E-state index in [0.717, 1.165) is 63.6 Å². The molecule has 2 aliphatic heterocycles. The number of pyridine rings is 2. The lowest BCUT2D eigenvalue weighted by Gasteiger charge is -2.34. The van der Waals surface area contributed by atoms with Crippen molar-refractivity contribution in [3.05, 3.63) is 178 Å². The monoisotopic (exact) mass is 1060 g/mol. The van der Waals surface area contributed by atoms with Crippen LogP contribution in [0.4, 0.5) is 37.7 Å². The smallest absolute Gasteiger partial charge is 0.436 e. The van der Waals surface area contributed by atoms with Crippen LogP contribution in [0.25, 0.3) is 45.6 Å². The Hall–Kier alpha value is -7.81. The molecular formula is C54H51ClF6N8O6. The molecule has 14 nitrogen and oxygen atoms in total. The van der Waals surface area contributed by atoms with E-state index in [1.54, 1.807) is 22.9 Å². The molecule has 0 bridgehead atoms. The zero-order valence-corrected chi connectivity index (χ0v) is 41.4. The highest BCUT2D eigenvalue weighted by atomic mass is 35.5. The summed E-state index contributed by atoms with van der Waals surface area (Å²) < 4.78 is 94.2. The van der Waals surface area contributed by atoms with Crippen molar-refractivity contribution in [2.75, 3.05) is 76.3 Å². The standard InChI is InChI=1S/C27H25F3N4O3.C15H9F3N2O3.C12H17ClN2/c1-32-11-13-33(14-12-32)22-4-2-3-19(15-22)17-34-18-21(7-10-25(34)35)26-31-16-24(36-26)20-5-8-23(9-6-20)37-27(28,29)30;16-15(17,18)23-11-4-1-9(2-5-11)12-8-20-14(22-12)10-3-6-13(21)19-7-10;1-14-5-7-15(8-6-14)12-4-2-3-11(9-12)10-13/h2-10,15-16,18H,11-14,17H2,1H3;1-8H,(H,19,21);2-4,9H,5-8,10H2,1H3. The highest BCUT2D eigenvalue weighted by Crippen LogP contribution is 2.31. The van der Waals surface area contributed by atoms with Gasteiger partial charge in [-0.3, -0.25) is 9.59 Å². The summed E-state index contributed by atoms with van der Waals surface area (Å²) in [4.78, 5) is 43.9. The van der Waals surface area contributed by atoms with E-state index >= 15 is 0 Å². The number of benzene rings is 4. The first-order valence-electron chi connectivity index (χ1n) is 23.6. The van der Waals surface area contributed by atoms with Crippen LogP contribution in [0.5, 0.6) is 11.5 Å². The third-order valence-corrected chi connectivity index (χ3v) is 12.4. The number of anilines is 2. The third kappa shape index (κ3) is 15.4. The van der Waals surface area contributed by atoms with Crippen LogP contribution in [0.15, 0.2) is 165 Å². The molecule has 0 saturated carbocycles. The number of oxazole rings is 2. The number of ether oxygens (including phenoxy) is 2. The summed E-state index contributed by atoms with van der Waals surface area (Å²) in [5, 5.41) is 0. The summed E-state index contributed by atoms with van der Waals surface area (Å²) in [7, 11) is 4.29. The van der Waals surface area contributed by atoms with E-state index in [1.165, 1.54) is 90.5 Å². The third-order valence-electron chi connectivity index (χ3n) is 12.1. The Morgan fingerprint density at radius 1 is 0.573 bits per heavy atom. The topological polar surface area (TPSA) is 138 Å². The number of nitrogens with one attached hydrogen (secondary N) is 1. The normalized spacial score (nSPS) is 14.4. The zero-order chi connectivity index (χ0) is 53.1. The molecule has 2 saturated heterocycles. The molecule has 2 aliphatic rings. The van der Waals surface area contributed by atoms with Gasteiger partial charge in [0, 0.05) is 105 Å². The van der Waals surface area contributed by atoms with Crippen molar-refractivity contribution in [2.24, 2.45) is 0 Å². The number of piperazine rings is 2. The van der Waals surface area contributed by atoms with Crippen molar-refractivity contribution in [3.8, 4) is 57.1 Å². The van der Waals surface area contributed by atoms with E-state index in [1.807, 2.05) is 12.1 Å². The second kappa shape index (κ2) is 24.0. The van der Waals surface area contributed by atoms with Gasteiger partial charge < -0.3 is 47.5 Å². The predicted molar refractivity (Wildman–Crippen MR) is 274 cm³/mol. The first kappa shape index (κ1) is 53.5. The molecular weight excluding hydrogens is 1010 g/mol. The predicted octanol–water partition coefficient (Wildman–Crippen LogP) is 10.6. The van der Waals surface area contributed by atoms with Crippen molar-refractivity contribution in [2.45, 2.75) is 25.1 Å². The van der Waals surface area contributed by atoms with Gasteiger partial charge >= 0.3 is 12.7 Å². The molecule has 392 valence electrons. The van der Waals surface area contributed by atoms with Crippen molar-refractivity contribution < 1.29 is 44.7 Å². The van der Waals surface area contributed by atoms with Crippen LogP contribution in [0.2, 0.25) is 0 Å². The average Bonchev–Trinajstić information content (AvgIpc) is 4.10. The average molecular weight is 1060 g/mol. The summed E-state index contributed by atoms with van der Waals surface area (Å²) in [6.07, 6.45) is -3.40. The number of halogens is 7. The van der Waals surface area contributed by atoms with Gasteiger partial charge in [0.25, 0.3) is 5.56 Å². The molecule has 2 fully saturated rings. The van der Waals surface area contributed by atoms with Gasteiger partial charge in [-0.25, -0.2) is 9.97 Å². The highest BCUT2D eigenvalue weighted by molar-refractivity contribution is 6.17. The summed E-state index contributed by atoms with van der Waals surface area (Å²) in [6, 6.07) is 33.3. The minimum absolute atomic E-state index is 0.152. The van der Waals surface area contributed by atoms with Crippen LogP contribution in [-0.4, -0.2) is 108 Å². The fourth-order valence-corrected chi connectivity index (χ4v) is 8.23. The molecule has 6 heterocycles. The van der Waals surface area contributed by atoms with Crippen molar-refractivity contribution >= 4 is 23.0 Å². The quantitative estimate of drug-likeness (QED) is 0.0975. The van der Waals surface area contributed by atoms with E-state index in [4.69, 9.17) is 20.4 Å². The molecule has 10 rings (SSSR count). The lowest BCUT2D eigenvalue weighted by atomic mass is 10.1. The highest BCUT2D eigenvalue weighted by Gasteiger charge is 2.32. The van der Waals surface area contributed by atoms with Crippen LogP contribution in [0, 0.1) is 0 Å².